The van der Waals surface area contributed by atoms with Crippen molar-refractivity contribution in [1.82, 2.24) is 9.55 Å². The van der Waals surface area contributed by atoms with Crippen molar-refractivity contribution in [3.63, 3.8) is 0 Å². The van der Waals surface area contributed by atoms with Gasteiger partial charge in [-0.05, 0) is 23.1 Å². The molecule has 1 unspecified atom stereocenters. The molecular weight excluding hydrogens is 489 g/mol. The highest BCUT2D eigenvalue weighted by atomic mass is 35.5. The summed E-state index contributed by atoms with van der Waals surface area (Å²) < 4.78 is 21.9. The van der Waals surface area contributed by atoms with E-state index in [1.54, 1.807) is 22.8 Å². The van der Waals surface area contributed by atoms with Crippen molar-refractivity contribution in [3.05, 3.63) is 68.2 Å². The van der Waals surface area contributed by atoms with Gasteiger partial charge in [-0.1, -0.05) is 44.5 Å². The molecule has 3 aromatic rings. The number of nitrogens with zero attached hydrogens (tertiary/aromatic N) is 3. The van der Waals surface area contributed by atoms with Crippen molar-refractivity contribution < 1.29 is 24.1 Å². The molecule has 0 radical (unpaired) electrons. The molecule has 1 atom stereocenters. The molecule has 2 N–H and O–H groups in total. The fourth-order valence-electron chi connectivity index (χ4n) is 4.54. The van der Waals surface area contributed by atoms with Gasteiger partial charge >= 0.3 is 5.97 Å². The molecule has 1 aliphatic rings. The number of benzene rings is 1. The first-order chi connectivity index (χ1) is 17.0. The Bertz CT molecular complexity index is 1360. The van der Waals surface area contributed by atoms with Crippen molar-refractivity contribution >= 4 is 34.4 Å². The number of fused-ring (bicyclic) bond motifs is 1. The molecule has 10 heteroatoms. The molecule has 2 aromatic heterocycles. The normalized spacial score (nSPS) is 15.3. The molecule has 1 fully saturated rings. The highest BCUT2D eigenvalue weighted by Gasteiger charge is 2.30. The van der Waals surface area contributed by atoms with Crippen LogP contribution in [0.5, 0.6) is 0 Å². The van der Waals surface area contributed by atoms with Gasteiger partial charge in [-0.3, -0.25) is 4.79 Å². The molecular formula is C26H29ClFN3O5. The molecule has 1 saturated heterocycles. The van der Waals surface area contributed by atoms with E-state index in [1.165, 1.54) is 12.3 Å². The number of anilines is 1. The van der Waals surface area contributed by atoms with Crippen LogP contribution in [0.15, 0.2) is 35.3 Å². The number of ether oxygens (including phenoxy) is 1. The van der Waals surface area contributed by atoms with Crippen molar-refractivity contribution in [1.29, 1.82) is 0 Å². The summed E-state index contributed by atoms with van der Waals surface area (Å²) >= 11 is 6.00. The molecule has 4 rings (SSSR count). The van der Waals surface area contributed by atoms with E-state index >= 15 is 0 Å². The quantitative estimate of drug-likeness (QED) is 0.511. The Labute approximate surface area is 212 Å². The van der Waals surface area contributed by atoms with E-state index in [0.29, 0.717) is 43.2 Å². The van der Waals surface area contributed by atoms with Crippen LogP contribution in [-0.2, 0) is 11.2 Å². The monoisotopic (exact) mass is 517 g/mol. The predicted octanol–water partition coefficient (Wildman–Crippen LogP) is 3.89. The lowest BCUT2D eigenvalue weighted by atomic mass is 9.86. The Kier molecular flexibility index (Phi) is 7.36. The molecule has 0 aliphatic carbocycles. The second-order valence-corrected chi connectivity index (χ2v) is 10.4. The van der Waals surface area contributed by atoms with Gasteiger partial charge in [0.2, 0.25) is 5.43 Å². The lowest BCUT2D eigenvalue weighted by Gasteiger charge is -2.33. The van der Waals surface area contributed by atoms with E-state index in [-0.39, 0.29) is 29.1 Å². The molecule has 192 valence electrons. The van der Waals surface area contributed by atoms with E-state index in [1.807, 2.05) is 25.7 Å². The number of aliphatic hydroxyl groups excluding tert-OH is 1. The van der Waals surface area contributed by atoms with Crippen LogP contribution in [0.2, 0.25) is 5.02 Å². The highest BCUT2D eigenvalue weighted by Crippen LogP contribution is 2.34. The average Bonchev–Trinajstić information content (AvgIpc) is 2.83. The molecule has 0 spiro atoms. The summed E-state index contributed by atoms with van der Waals surface area (Å²) in [6, 6.07) is 5.76. The van der Waals surface area contributed by atoms with Crippen molar-refractivity contribution in [2.75, 3.05) is 37.8 Å². The van der Waals surface area contributed by atoms with Crippen LogP contribution in [0.1, 0.15) is 48.3 Å². The standard InChI is InChI=1S/C26H29ClFN3O5/c1-26(2,3)20(14-32)31-13-18(25(34)35)22(33)17-12-16(11-15-5-4-6-19(27)21(15)28)23(29-24(17)31)30-7-9-36-10-8-30/h4-6,12-13,20,32H,7-11,14H2,1-3H3,(H,34,35). The number of aliphatic hydroxyl groups is 1. The van der Waals surface area contributed by atoms with Gasteiger partial charge in [0, 0.05) is 31.3 Å². The van der Waals surface area contributed by atoms with Gasteiger partial charge in [-0.2, -0.15) is 0 Å². The number of carboxylic acid groups (broad SMARTS) is 1. The Balaban J connectivity index is 2.04. The third-order valence-electron chi connectivity index (χ3n) is 6.52. The van der Waals surface area contributed by atoms with Crippen LogP contribution in [0, 0.1) is 11.2 Å². The topological polar surface area (TPSA) is 105 Å². The Morgan fingerprint density at radius 2 is 1.94 bits per heavy atom. The van der Waals surface area contributed by atoms with Crippen molar-refractivity contribution in [2.24, 2.45) is 5.41 Å². The van der Waals surface area contributed by atoms with Gasteiger partial charge in [-0.25, -0.2) is 14.2 Å². The second kappa shape index (κ2) is 10.2. The number of aromatic carboxylic acids is 1. The summed E-state index contributed by atoms with van der Waals surface area (Å²) in [5.41, 5.74) is -0.436. The van der Waals surface area contributed by atoms with Gasteiger partial charge in [0.1, 0.15) is 22.8 Å². The zero-order valence-corrected chi connectivity index (χ0v) is 21.2. The largest absolute Gasteiger partial charge is 0.477 e. The van der Waals surface area contributed by atoms with Crippen LogP contribution < -0.4 is 10.3 Å². The van der Waals surface area contributed by atoms with Crippen LogP contribution in [0.25, 0.3) is 11.0 Å². The Morgan fingerprint density at radius 1 is 1.25 bits per heavy atom. The predicted molar refractivity (Wildman–Crippen MR) is 136 cm³/mol. The van der Waals surface area contributed by atoms with E-state index in [4.69, 9.17) is 21.3 Å². The maximum absolute atomic E-state index is 14.8. The van der Waals surface area contributed by atoms with Crippen molar-refractivity contribution in [2.45, 2.75) is 33.2 Å². The van der Waals surface area contributed by atoms with Gasteiger partial charge in [0.05, 0.1) is 36.3 Å². The smallest absolute Gasteiger partial charge is 0.341 e. The molecule has 0 amide bonds. The number of aromatic nitrogens is 2. The number of pyridine rings is 2. The number of hydrogen-bond donors (Lipinski definition) is 2. The fourth-order valence-corrected chi connectivity index (χ4v) is 4.74. The number of rotatable bonds is 6. The van der Waals surface area contributed by atoms with Crippen LogP contribution in [-0.4, -0.2) is 58.6 Å². The third kappa shape index (κ3) is 4.96. The number of hydrogen-bond acceptors (Lipinski definition) is 6. The Hall–Kier alpha value is -3.01. The highest BCUT2D eigenvalue weighted by molar-refractivity contribution is 6.30. The first kappa shape index (κ1) is 26.1. The molecule has 0 saturated carbocycles. The first-order valence-electron chi connectivity index (χ1n) is 11.7. The summed E-state index contributed by atoms with van der Waals surface area (Å²) in [6.07, 6.45) is 1.35. The molecule has 3 heterocycles. The Morgan fingerprint density at radius 3 is 2.56 bits per heavy atom. The molecule has 0 bridgehead atoms. The summed E-state index contributed by atoms with van der Waals surface area (Å²) in [5.74, 6) is -1.38. The molecule has 1 aliphatic heterocycles. The SMILES string of the molecule is CC(C)(C)C(CO)n1cc(C(=O)O)c(=O)c2cc(Cc3cccc(Cl)c3F)c(N3CCOCC3)nc21. The van der Waals surface area contributed by atoms with E-state index in [0.717, 1.165) is 0 Å². The van der Waals surface area contributed by atoms with E-state index < -0.39 is 34.2 Å². The number of halogens is 2. The minimum Gasteiger partial charge on any atom is -0.477 e. The number of morpholine rings is 1. The first-order valence-corrected chi connectivity index (χ1v) is 12.1. The molecule has 1 aromatic carbocycles. The lowest BCUT2D eigenvalue weighted by Crippen LogP contribution is -2.38. The zero-order valence-electron chi connectivity index (χ0n) is 20.4. The molecule has 8 nitrogen and oxygen atoms in total. The zero-order chi connectivity index (χ0) is 26.2. The number of carbonyl (C=O) groups is 1. The molecule has 36 heavy (non-hydrogen) atoms. The van der Waals surface area contributed by atoms with Gasteiger partial charge in [0.15, 0.2) is 0 Å². The van der Waals surface area contributed by atoms with Gasteiger partial charge in [0.25, 0.3) is 0 Å². The van der Waals surface area contributed by atoms with Crippen molar-refractivity contribution in [3.8, 4) is 0 Å². The average molecular weight is 518 g/mol. The minimum atomic E-state index is -1.37. The van der Waals surface area contributed by atoms with Gasteiger partial charge < -0.3 is 24.4 Å². The maximum atomic E-state index is 14.8. The number of carboxylic acids is 1. The second-order valence-electron chi connectivity index (χ2n) is 9.98. The van der Waals surface area contributed by atoms with Crippen LogP contribution in [0.3, 0.4) is 0 Å². The van der Waals surface area contributed by atoms with E-state index in [2.05, 4.69) is 0 Å². The van der Waals surface area contributed by atoms with Crippen LogP contribution >= 0.6 is 11.6 Å². The third-order valence-corrected chi connectivity index (χ3v) is 6.81. The lowest BCUT2D eigenvalue weighted by molar-refractivity contribution is 0.0692. The summed E-state index contributed by atoms with van der Waals surface area (Å²) in [4.78, 5) is 32.1. The summed E-state index contributed by atoms with van der Waals surface area (Å²) in [5, 5.41) is 20.1. The van der Waals surface area contributed by atoms with Crippen LogP contribution in [0.4, 0.5) is 10.2 Å². The van der Waals surface area contributed by atoms with Gasteiger partial charge in [-0.15, -0.1) is 0 Å². The van der Waals surface area contributed by atoms with E-state index in [9.17, 15) is 24.2 Å². The fraction of sp³-hybridized carbons (Fsp3) is 0.423. The summed E-state index contributed by atoms with van der Waals surface area (Å²) in [6.45, 7) is 7.51. The summed E-state index contributed by atoms with van der Waals surface area (Å²) in [7, 11) is 0. The minimum absolute atomic E-state index is 0.0133. The maximum Gasteiger partial charge on any atom is 0.341 e.